The van der Waals surface area contributed by atoms with Crippen LogP contribution in [0.2, 0.25) is 5.02 Å². The molecule has 3 aromatic carbocycles. The fourth-order valence-corrected chi connectivity index (χ4v) is 3.27. The first-order chi connectivity index (χ1) is 11.6. The number of nitrogens with one attached hydrogen (secondary N) is 1. The predicted octanol–water partition coefficient (Wildman–Crippen LogP) is 5.87. The van der Waals surface area contributed by atoms with Crippen molar-refractivity contribution in [3.8, 4) is 0 Å². The van der Waals surface area contributed by atoms with E-state index >= 15 is 0 Å². The number of carbonyl (C=O) groups is 1. The molecule has 0 fully saturated rings. The third-order valence-electron chi connectivity index (χ3n) is 4.33. The zero-order valence-corrected chi connectivity index (χ0v) is 14.7. The van der Waals surface area contributed by atoms with E-state index in [1.165, 1.54) is 0 Å². The van der Waals surface area contributed by atoms with Gasteiger partial charge in [0.05, 0.1) is 0 Å². The molecule has 2 nitrogen and oxygen atoms in total. The molecule has 3 heteroatoms. The van der Waals surface area contributed by atoms with E-state index in [0.29, 0.717) is 10.6 Å². The number of rotatable bonds is 4. The van der Waals surface area contributed by atoms with Crippen LogP contribution in [0.1, 0.15) is 35.3 Å². The number of aryl methyl sites for hydroxylation is 1. The van der Waals surface area contributed by atoms with E-state index < -0.39 is 0 Å². The summed E-state index contributed by atoms with van der Waals surface area (Å²) in [5.41, 5.74) is 3.60. The molecule has 0 unspecified atom stereocenters. The van der Waals surface area contributed by atoms with Crippen LogP contribution in [0.4, 0.5) is 5.69 Å². The normalized spacial score (nSPS) is 10.8. The summed E-state index contributed by atoms with van der Waals surface area (Å²) in [5.74, 6) is -0.104. The van der Waals surface area contributed by atoms with Gasteiger partial charge in [0.15, 0.2) is 0 Å². The van der Waals surface area contributed by atoms with Crippen molar-refractivity contribution < 1.29 is 4.79 Å². The highest BCUT2D eigenvalue weighted by Gasteiger charge is 2.14. The molecule has 0 aliphatic rings. The summed E-state index contributed by atoms with van der Waals surface area (Å²) in [7, 11) is 0. The highest BCUT2D eigenvalue weighted by atomic mass is 35.5. The molecule has 0 saturated heterocycles. The lowest BCUT2D eigenvalue weighted by molar-refractivity contribution is 0.102. The molecular weight excluding hydrogens is 318 g/mol. The maximum absolute atomic E-state index is 12.8. The Morgan fingerprint density at radius 2 is 1.71 bits per heavy atom. The van der Waals surface area contributed by atoms with Crippen molar-refractivity contribution in [2.24, 2.45) is 0 Å². The summed E-state index contributed by atoms with van der Waals surface area (Å²) in [6.07, 6.45) is 1.62. The van der Waals surface area contributed by atoms with Crippen LogP contribution in [-0.2, 0) is 12.8 Å². The van der Waals surface area contributed by atoms with Gasteiger partial charge in [0.1, 0.15) is 0 Å². The van der Waals surface area contributed by atoms with Crippen molar-refractivity contribution in [3.63, 3.8) is 0 Å². The van der Waals surface area contributed by atoms with Gasteiger partial charge >= 0.3 is 0 Å². The first kappa shape index (κ1) is 16.5. The molecule has 0 aromatic heterocycles. The van der Waals surface area contributed by atoms with Crippen molar-refractivity contribution in [3.05, 3.63) is 76.3 Å². The van der Waals surface area contributed by atoms with Gasteiger partial charge in [-0.05, 0) is 52.9 Å². The van der Waals surface area contributed by atoms with Gasteiger partial charge in [0.25, 0.3) is 5.91 Å². The number of fused-ring (bicyclic) bond motifs is 1. The minimum absolute atomic E-state index is 0.104. The Hall–Kier alpha value is -2.32. The van der Waals surface area contributed by atoms with Gasteiger partial charge in [-0.25, -0.2) is 0 Å². The standard InChI is InChI=1S/C21H20ClNO/c1-3-14-11-12-19(22)18(4-2)20(14)23-21(24)17-10-9-15-7-5-6-8-16(15)13-17/h5-13H,3-4H2,1-2H3,(H,23,24). The topological polar surface area (TPSA) is 29.1 Å². The smallest absolute Gasteiger partial charge is 0.255 e. The molecule has 0 radical (unpaired) electrons. The lowest BCUT2D eigenvalue weighted by atomic mass is 10.0. The number of hydrogen-bond acceptors (Lipinski definition) is 1. The Morgan fingerprint density at radius 3 is 2.42 bits per heavy atom. The quantitative estimate of drug-likeness (QED) is 0.633. The molecule has 0 aliphatic heterocycles. The zero-order valence-electron chi connectivity index (χ0n) is 13.9. The van der Waals surface area contributed by atoms with Crippen LogP contribution in [0.5, 0.6) is 0 Å². The molecule has 1 amide bonds. The van der Waals surface area contributed by atoms with Gasteiger partial charge in [-0.3, -0.25) is 4.79 Å². The van der Waals surface area contributed by atoms with E-state index in [4.69, 9.17) is 11.6 Å². The average molecular weight is 338 g/mol. The first-order valence-electron chi connectivity index (χ1n) is 8.24. The zero-order chi connectivity index (χ0) is 17.1. The van der Waals surface area contributed by atoms with Gasteiger partial charge in [-0.1, -0.05) is 61.8 Å². The molecule has 3 rings (SSSR count). The molecule has 0 heterocycles. The van der Waals surface area contributed by atoms with Crippen molar-refractivity contribution >= 4 is 34.0 Å². The van der Waals surface area contributed by atoms with Gasteiger partial charge in [0, 0.05) is 16.3 Å². The summed E-state index contributed by atoms with van der Waals surface area (Å²) >= 11 is 6.31. The highest BCUT2D eigenvalue weighted by molar-refractivity contribution is 6.32. The largest absolute Gasteiger partial charge is 0.321 e. The number of benzene rings is 3. The van der Waals surface area contributed by atoms with E-state index in [1.807, 2.05) is 61.5 Å². The molecule has 122 valence electrons. The number of halogens is 1. The SMILES string of the molecule is CCc1ccc(Cl)c(CC)c1NC(=O)c1ccc2ccccc2c1. The Labute approximate surface area is 147 Å². The van der Waals surface area contributed by atoms with Crippen LogP contribution in [-0.4, -0.2) is 5.91 Å². The van der Waals surface area contributed by atoms with E-state index in [0.717, 1.165) is 40.4 Å². The Kier molecular flexibility index (Phi) is 4.86. The molecule has 0 saturated carbocycles. The maximum Gasteiger partial charge on any atom is 0.255 e. The molecular formula is C21H20ClNO. The van der Waals surface area contributed by atoms with Crippen LogP contribution in [0.3, 0.4) is 0 Å². The minimum Gasteiger partial charge on any atom is -0.321 e. The Morgan fingerprint density at radius 1 is 0.958 bits per heavy atom. The first-order valence-corrected chi connectivity index (χ1v) is 8.62. The van der Waals surface area contributed by atoms with Crippen LogP contribution >= 0.6 is 11.6 Å². The van der Waals surface area contributed by atoms with Crippen molar-refractivity contribution in [1.29, 1.82) is 0 Å². The number of amides is 1. The number of anilines is 1. The Balaban J connectivity index is 1.98. The van der Waals surface area contributed by atoms with Crippen LogP contribution in [0.25, 0.3) is 10.8 Å². The van der Waals surface area contributed by atoms with Crippen molar-refractivity contribution in [1.82, 2.24) is 0 Å². The lowest BCUT2D eigenvalue weighted by Gasteiger charge is -2.16. The molecule has 0 aliphatic carbocycles. The summed E-state index contributed by atoms with van der Waals surface area (Å²) in [6.45, 7) is 4.13. The summed E-state index contributed by atoms with van der Waals surface area (Å²) < 4.78 is 0. The Bertz CT molecular complexity index is 901. The fraction of sp³-hybridized carbons (Fsp3) is 0.190. The average Bonchev–Trinajstić information content (AvgIpc) is 2.61. The summed E-state index contributed by atoms with van der Waals surface area (Å²) in [4.78, 5) is 12.8. The van der Waals surface area contributed by atoms with E-state index in [1.54, 1.807) is 0 Å². The third-order valence-corrected chi connectivity index (χ3v) is 4.68. The van der Waals surface area contributed by atoms with Crippen molar-refractivity contribution in [2.75, 3.05) is 5.32 Å². The second-order valence-corrected chi connectivity index (χ2v) is 6.19. The summed E-state index contributed by atoms with van der Waals surface area (Å²) in [6, 6.07) is 17.7. The minimum atomic E-state index is -0.104. The van der Waals surface area contributed by atoms with E-state index in [2.05, 4.69) is 12.2 Å². The van der Waals surface area contributed by atoms with Gasteiger partial charge in [-0.2, -0.15) is 0 Å². The number of carbonyl (C=O) groups excluding carboxylic acids is 1. The molecule has 0 spiro atoms. The van der Waals surface area contributed by atoms with Gasteiger partial charge < -0.3 is 5.32 Å². The number of hydrogen-bond donors (Lipinski definition) is 1. The fourth-order valence-electron chi connectivity index (χ4n) is 2.98. The lowest BCUT2D eigenvalue weighted by Crippen LogP contribution is -2.15. The van der Waals surface area contributed by atoms with E-state index in [9.17, 15) is 4.79 Å². The second kappa shape index (κ2) is 7.06. The van der Waals surface area contributed by atoms with Crippen LogP contribution in [0, 0.1) is 0 Å². The van der Waals surface area contributed by atoms with Crippen LogP contribution in [0.15, 0.2) is 54.6 Å². The van der Waals surface area contributed by atoms with E-state index in [-0.39, 0.29) is 5.91 Å². The molecule has 3 aromatic rings. The van der Waals surface area contributed by atoms with Gasteiger partial charge in [-0.15, -0.1) is 0 Å². The van der Waals surface area contributed by atoms with Gasteiger partial charge in [0.2, 0.25) is 0 Å². The molecule has 1 N–H and O–H groups in total. The molecule has 0 atom stereocenters. The molecule has 24 heavy (non-hydrogen) atoms. The summed E-state index contributed by atoms with van der Waals surface area (Å²) in [5, 5.41) is 5.96. The maximum atomic E-state index is 12.8. The highest BCUT2D eigenvalue weighted by Crippen LogP contribution is 2.30. The third kappa shape index (κ3) is 3.15. The molecule has 0 bridgehead atoms. The monoisotopic (exact) mass is 337 g/mol. The van der Waals surface area contributed by atoms with Crippen LogP contribution < -0.4 is 5.32 Å². The second-order valence-electron chi connectivity index (χ2n) is 5.78. The van der Waals surface area contributed by atoms with Crippen molar-refractivity contribution in [2.45, 2.75) is 26.7 Å². The predicted molar refractivity (Wildman–Crippen MR) is 102 cm³/mol.